The fourth-order valence-electron chi connectivity index (χ4n) is 3.94. The van der Waals surface area contributed by atoms with Crippen LogP contribution < -0.4 is 15.4 Å². The van der Waals surface area contributed by atoms with Gasteiger partial charge >= 0.3 is 6.09 Å². The lowest BCUT2D eigenvalue weighted by Gasteiger charge is -2.34. The van der Waals surface area contributed by atoms with E-state index in [4.69, 9.17) is 15.9 Å². The van der Waals surface area contributed by atoms with Crippen LogP contribution in [-0.4, -0.2) is 59.8 Å². The number of terminal acetylenes is 1. The molecule has 0 aliphatic carbocycles. The lowest BCUT2D eigenvalue weighted by Crippen LogP contribution is -2.53. The third-order valence-electron chi connectivity index (χ3n) is 5.63. The molecule has 0 spiro atoms. The predicted octanol–water partition coefficient (Wildman–Crippen LogP) is 4.12. The molecule has 2 rings (SSSR count). The Labute approximate surface area is 230 Å². The molecule has 2 aromatic rings. The van der Waals surface area contributed by atoms with Crippen LogP contribution in [0.25, 0.3) is 0 Å². The molecule has 0 fully saturated rings. The van der Waals surface area contributed by atoms with Gasteiger partial charge < -0.3 is 30.1 Å². The van der Waals surface area contributed by atoms with E-state index in [0.717, 1.165) is 0 Å². The van der Waals surface area contributed by atoms with Gasteiger partial charge in [0.05, 0.1) is 13.7 Å². The van der Waals surface area contributed by atoms with Gasteiger partial charge in [-0.05, 0) is 75.1 Å². The summed E-state index contributed by atoms with van der Waals surface area (Å²) in [6, 6.07) is 11.3. The Balaban J connectivity index is 2.49. The number of nitrogens with zero attached hydrogens (tertiary/aromatic N) is 1. The minimum atomic E-state index is -1.13. The smallest absolute Gasteiger partial charge is 0.408 e. The summed E-state index contributed by atoms with van der Waals surface area (Å²) in [6.07, 6.45) is 5.05. The van der Waals surface area contributed by atoms with Crippen molar-refractivity contribution in [3.8, 4) is 18.1 Å². The largest absolute Gasteiger partial charge is 0.497 e. The number of rotatable bonds is 11. The zero-order valence-electron chi connectivity index (χ0n) is 23.5. The van der Waals surface area contributed by atoms with E-state index < -0.39 is 42.2 Å². The lowest BCUT2D eigenvalue weighted by molar-refractivity contribution is -0.141. The Morgan fingerprint density at radius 2 is 1.67 bits per heavy atom. The summed E-state index contributed by atoms with van der Waals surface area (Å²) in [5, 5.41) is 15.4. The number of hydrogen-bond acceptors (Lipinski definition) is 6. The van der Waals surface area contributed by atoms with Crippen LogP contribution in [-0.2, 0) is 14.3 Å². The maximum Gasteiger partial charge on any atom is 0.408 e. The van der Waals surface area contributed by atoms with Crippen molar-refractivity contribution >= 4 is 23.6 Å². The molecule has 0 aromatic heterocycles. The molecule has 0 saturated carbocycles. The zero-order chi connectivity index (χ0) is 29.2. The van der Waals surface area contributed by atoms with Crippen LogP contribution >= 0.6 is 0 Å². The molecule has 0 bridgehead atoms. The van der Waals surface area contributed by atoms with Gasteiger partial charge in [0, 0.05) is 17.8 Å². The Bertz CT molecular complexity index is 1150. The molecule has 9 nitrogen and oxygen atoms in total. The number of anilines is 1. The molecule has 9 heteroatoms. The molecule has 0 heterocycles. The maximum absolute atomic E-state index is 14.0. The number of carbonyl (C=O) groups is 3. The predicted molar refractivity (Wildman–Crippen MR) is 150 cm³/mol. The van der Waals surface area contributed by atoms with Crippen molar-refractivity contribution in [1.29, 1.82) is 0 Å². The molecule has 39 heavy (non-hydrogen) atoms. The van der Waals surface area contributed by atoms with Crippen molar-refractivity contribution in [1.82, 2.24) is 10.2 Å². The fraction of sp³-hybridized carbons (Fsp3) is 0.433. The third-order valence-corrected chi connectivity index (χ3v) is 5.63. The summed E-state index contributed by atoms with van der Waals surface area (Å²) in [4.78, 5) is 41.6. The van der Waals surface area contributed by atoms with Gasteiger partial charge in [-0.2, -0.15) is 0 Å². The first-order valence-corrected chi connectivity index (χ1v) is 12.8. The molecular weight excluding hydrogens is 498 g/mol. The van der Waals surface area contributed by atoms with Crippen molar-refractivity contribution < 1.29 is 29.0 Å². The number of alkyl carbamates (subject to hydrolysis) is 1. The normalized spacial score (nSPS) is 12.6. The van der Waals surface area contributed by atoms with Crippen molar-refractivity contribution in [2.45, 2.75) is 58.7 Å². The first-order chi connectivity index (χ1) is 18.4. The standard InChI is InChI=1S/C30H39N3O6/c1-8-21-9-11-22(12-10-21)26(27(35)31-23-13-15-24(38-7)16-14-23)33(17-18-34)28(36)25(19-20(2)3)32-29(37)39-30(4,5)6/h1,9-16,20,25-26,34H,17-19H2,2-7H3,(H,31,35)(H,32,37). The van der Waals surface area contributed by atoms with E-state index in [2.05, 4.69) is 16.6 Å². The van der Waals surface area contributed by atoms with Gasteiger partial charge in [-0.3, -0.25) is 9.59 Å². The molecular formula is C30H39N3O6. The van der Waals surface area contributed by atoms with Crippen molar-refractivity contribution in [3.05, 3.63) is 59.7 Å². The zero-order valence-corrected chi connectivity index (χ0v) is 23.5. The molecule has 210 valence electrons. The van der Waals surface area contributed by atoms with E-state index in [0.29, 0.717) is 29.0 Å². The summed E-state index contributed by atoms with van der Waals surface area (Å²) in [5.74, 6) is 2.16. The van der Waals surface area contributed by atoms with E-state index in [1.807, 2.05) is 13.8 Å². The SMILES string of the molecule is C#Cc1ccc(C(C(=O)Nc2ccc(OC)cc2)N(CCO)C(=O)C(CC(C)C)NC(=O)OC(C)(C)C)cc1. The van der Waals surface area contributed by atoms with E-state index in [1.54, 1.807) is 76.4 Å². The number of ether oxygens (including phenoxy) is 2. The van der Waals surface area contributed by atoms with Crippen LogP contribution in [0.3, 0.4) is 0 Å². The molecule has 0 saturated heterocycles. The minimum absolute atomic E-state index is 0.0337. The molecule has 3 amide bonds. The van der Waals surface area contributed by atoms with Gasteiger partial charge in [-0.1, -0.05) is 31.9 Å². The first-order valence-electron chi connectivity index (χ1n) is 12.8. The number of methoxy groups -OCH3 is 1. The molecule has 0 aliphatic heterocycles. The van der Waals surface area contributed by atoms with Crippen molar-refractivity contribution in [2.24, 2.45) is 5.92 Å². The third kappa shape index (κ3) is 9.65. The average Bonchev–Trinajstić information content (AvgIpc) is 2.87. The monoisotopic (exact) mass is 537 g/mol. The van der Waals surface area contributed by atoms with Crippen LogP contribution in [0, 0.1) is 18.3 Å². The van der Waals surface area contributed by atoms with E-state index in [9.17, 15) is 19.5 Å². The van der Waals surface area contributed by atoms with Gasteiger partial charge in [-0.25, -0.2) is 4.79 Å². The van der Waals surface area contributed by atoms with Crippen molar-refractivity contribution in [2.75, 3.05) is 25.6 Å². The molecule has 2 aromatic carbocycles. The average molecular weight is 538 g/mol. The Morgan fingerprint density at radius 3 is 2.15 bits per heavy atom. The van der Waals surface area contributed by atoms with Crippen molar-refractivity contribution in [3.63, 3.8) is 0 Å². The molecule has 2 unspecified atom stereocenters. The summed E-state index contributed by atoms with van der Waals surface area (Å²) in [6.45, 7) is 8.46. The minimum Gasteiger partial charge on any atom is -0.497 e. The number of carbonyl (C=O) groups excluding carboxylic acids is 3. The first kappa shape index (κ1) is 31.2. The van der Waals surface area contributed by atoms with Gasteiger partial charge in [0.1, 0.15) is 23.4 Å². The van der Waals surface area contributed by atoms with Crippen LogP contribution in [0.5, 0.6) is 5.75 Å². The van der Waals surface area contributed by atoms with Gasteiger partial charge in [0.15, 0.2) is 0 Å². The van der Waals surface area contributed by atoms with Crippen LogP contribution in [0.1, 0.15) is 58.2 Å². The molecule has 3 N–H and O–H groups in total. The molecule has 0 aliphatic rings. The second kappa shape index (κ2) is 14.2. The topological polar surface area (TPSA) is 117 Å². The number of nitrogens with one attached hydrogen (secondary N) is 2. The lowest BCUT2D eigenvalue weighted by atomic mass is 9.98. The summed E-state index contributed by atoms with van der Waals surface area (Å²) in [5.41, 5.74) is 0.827. The van der Waals surface area contributed by atoms with E-state index in [-0.39, 0.29) is 12.5 Å². The van der Waals surface area contributed by atoms with Gasteiger partial charge in [0.25, 0.3) is 5.91 Å². The van der Waals surface area contributed by atoms with E-state index >= 15 is 0 Å². The number of hydrogen-bond donors (Lipinski definition) is 3. The second-order valence-electron chi connectivity index (χ2n) is 10.5. The Morgan fingerprint density at radius 1 is 1.05 bits per heavy atom. The second-order valence-corrected chi connectivity index (χ2v) is 10.5. The molecule has 2 atom stereocenters. The van der Waals surface area contributed by atoms with Gasteiger partial charge in [0.2, 0.25) is 5.91 Å². The number of amides is 3. The number of benzene rings is 2. The highest BCUT2D eigenvalue weighted by molar-refractivity contribution is 5.99. The highest BCUT2D eigenvalue weighted by Crippen LogP contribution is 2.26. The Kier molecular flexibility index (Phi) is 11.4. The quantitative estimate of drug-likeness (QED) is 0.371. The van der Waals surface area contributed by atoms with Crippen LogP contribution in [0.4, 0.5) is 10.5 Å². The van der Waals surface area contributed by atoms with Crippen LogP contribution in [0.2, 0.25) is 0 Å². The fourth-order valence-corrected chi connectivity index (χ4v) is 3.94. The summed E-state index contributed by atoms with van der Waals surface area (Å²) >= 11 is 0. The molecule has 0 radical (unpaired) electrons. The van der Waals surface area contributed by atoms with Gasteiger partial charge in [-0.15, -0.1) is 6.42 Å². The summed E-state index contributed by atoms with van der Waals surface area (Å²) in [7, 11) is 1.54. The Hall–Kier alpha value is -4.03. The number of aliphatic hydroxyl groups excluding tert-OH is 1. The number of aliphatic hydroxyl groups is 1. The highest BCUT2D eigenvalue weighted by atomic mass is 16.6. The highest BCUT2D eigenvalue weighted by Gasteiger charge is 2.36. The summed E-state index contributed by atoms with van der Waals surface area (Å²) < 4.78 is 10.6. The van der Waals surface area contributed by atoms with Crippen LogP contribution in [0.15, 0.2) is 48.5 Å². The maximum atomic E-state index is 14.0. The van der Waals surface area contributed by atoms with E-state index in [1.165, 1.54) is 4.90 Å².